The molecule has 0 radical (unpaired) electrons. The second kappa shape index (κ2) is 8.56. The average molecular weight is 419 g/mol. The fourth-order valence-corrected chi connectivity index (χ4v) is 4.16. The maximum absolute atomic E-state index is 13.6. The summed E-state index contributed by atoms with van der Waals surface area (Å²) >= 11 is 0. The predicted molar refractivity (Wildman–Crippen MR) is 131 cm³/mol. The number of nitrogens with zero attached hydrogens (tertiary/aromatic N) is 1. The van der Waals surface area contributed by atoms with Gasteiger partial charge >= 0.3 is 0 Å². The van der Waals surface area contributed by atoms with Crippen LogP contribution >= 0.6 is 0 Å². The van der Waals surface area contributed by atoms with Crippen molar-refractivity contribution in [3.63, 3.8) is 0 Å². The summed E-state index contributed by atoms with van der Waals surface area (Å²) in [7, 11) is 0. The third-order valence-corrected chi connectivity index (χ3v) is 5.73. The van der Waals surface area contributed by atoms with E-state index in [1.807, 2.05) is 72.8 Å². The fraction of sp³-hybridized carbons (Fsp3) is 0.0345. The summed E-state index contributed by atoms with van der Waals surface area (Å²) in [4.78, 5) is 2.22. The molecule has 0 bridgehead atoms. The molecule has 0 fully saturated rings. The first-order valence-electron chi connectivity index (χ1n) is 10.7. The maximum atomic E-state index is 13.6. The van der Waals surface area contributed by atoms with Crippen molar-refractivity contribution in [2.24, 2.45) is 0 Å². The van der Waals surface area contributed by atoms with Crippen molar-refractivity contribution in [3.05, 3.63) is 144 Å². The first-order valence-corrected chi connectivity index (χ1v) is 10.7. The van der Waals surface area contributed by atoms with Crippen LogP contribution in [-0.4, -0.2) is 0 Å². The van der Waals surface area contributed by atoms with Gasteiger partial charge in [-0.25, -0.2) is 4.39 Å². The van der Waals surface area contributed by atoms with Crippen molar-refractivity contribution >= 4 is 22.8 Å². The van der Waals surface area contributed by atoms with Gasteiger partial charge in [0.05, 0.1) is 22.8 Å². The molecule has 4 aromatic rings. The molecule has 32 heavy (non-hydrogen) atoms. The van der Waals surface area contributed by atoms with E-state index in [0.717, 1.165) is 33.8 Å². The van der Waals surface area contributed by atoms with E-state index in [1.165, 1.54) is 12.1 Å². The van der Waals surface area contributed by atoms with Gasteiger partial charge in [-0.05, 0) is 53.1 Å². The van der Waals surface area contributed by atoms with Crippen molar-refractivity contribution in [2.75, 3.05) is 10.6 Å². The Morgan fingerprint density at radius 3 is 1.62 bits per heavy atom. The Morgan fingerprint density at radius 1 is 0.594 bits per heavy atom. The molecule has 1 heterocycles. The number of hydrogen-bond donors (Lipinski definition) is 1. The lowest BCUT2D eigenvalue weighted by atomic mass is 9.89. The highest BCUT2D eigenvalue weighted by Crippen LogP contribution is 2.43. The van der Waals surface area contributed by atoms with Crippen LogP contribution in [0.15, 0.2) is 121 Å². The van der Waals surface area contributed by atoms with Gasteiger partial charge in [-0.15, -0.1) is 0 Å². The quantitative estimate of drug-likeness (QED) is 0.358. The van der Waals surface area contributed by atoms with Crippen LogP contribution in [-0.2, 0) is 0 Å². The molecule has 0 saturated carbocycles. The number of allylic oxidation sites excluding steroid dienone is 2. The highest BCUT2D eigenvalue weighted by molar-refractivity contribution is 6.00. The molecule has 0 unspecified atom stereocenters. The lowest BCUT2D eigenvalue weighted by Crippen LogP contribution is -2.25. The Kier molecular flexibility index (Phi) is 5.30. The van der Waals surface area contributed by atoms with E-state index in [0.29, 0.717) is 5.69 Å². The van der Waals surface area contributed by atoms with Crippen LogP contribution in [0.5, 0.6) is 0 Å². The van der Waals surface area contributed by atoms with E-state index >= 15 is 0 Å². The molecule has 2 N–H and O–H groups in total. The van der Waals surface area contributed by atoms with Crippen LogP contribution < -0.4 is 10.6 Å². The molecule has 0 atom stereocenters. The standard InChI is InChI=1S/C29H23FN2/c30-25-17-15-21(16-18-25)24-19-28(22-9-3-1-4-10-22)32(27-14-8-7-13-26(27)31)29(20-24)23-11-5-2-6-12-23/h1-20,24H,31H2. The molecule has 4 aromatic carbocycles. The van der Waals surface area contributed by atoms with Gasteiger partial charge in [0.1, 0.15) is 5.82 Å². The minimum Gasteiger partial charge on any atom is -0.397 e. The lowest BCUT2D eigenvalue weighted by Gasteiger charge is -2.36. The van der Waals surface area contributed by atoms with Gasteiger partial charge in [0, 0.05) is 5.92 Å². The SMILES string of the molecule is Nc1ccccc1N1C(c2ccccc2)=CC(c2ccc(F)cc2)C=C1c1ccccc1. The molecule has 3 heteroatoms. The molecule has 156 valence electrons. The van der Waals surface area contributed by atoms with Crippen molar-refractivity contribution in [2.45, 2.75) is 5.92 Å². The van der Waals surface area contributed by atoms with Crippen molar-refractivity contribution in [1.29, 1.82) is 0 Å². The minimum absolute atomic E-state index is 0.0119. The van der Waals surface area contributed by atoms with E-state index in [9.17, 15) is 4.39 Å². The molecule has 2 nitrogen and oxygen atoms in total. The fourth-order valence-electron chi connectivity index (χ4n) is 4.16. The number of benzene rings is 4. The molecule has 0 spiro atoms. The molecule has 1 aliphatic rings. The van der Waals surface area contributed by atoms with Gasteiger partial charge < -0.3 is 10.6 Å². The summed E-state index contributed by atoms with van der Waals surface area (Å²) in [6.45, 7) is 0. The third kappa shape index (κ3) is 3.81. The zero-order valence-electron chi connectivity index (χ0n) is 17.5. The highest BCUT2D eigenvalue weighted by atomic mass is 19.1. The molecule has 0 amide bonds. The van der Waals surface area contributed by atoms with Crippen LogP contribution in [0.3, 0.4) is 0 Å². The molecular formula is C29H23FN2. The van der Waals surface area contributed by atoms with Crippen molar-refractivity contribution in [3.8, 4) is 0 Å². The van der Waals surface area contributed by atoms with Crippen molar-refractivity contribution in [1.82, 2.24) is 0 Å². The molecule has 0 saturated heterocycles. The normalized spacial score (nSPS) is 14.1. The summed E-state index contributed by atoms with van der Waals surface area (Å²) in [5, 5.41) is 0. The largest absolute Gasteiger partial charge is 0.397 e. The second-order valence-electron chi connectivity index (χ2n) is 7.81. The average Bonchev–Trinajstić information content (AvgIpc) is 2.85. The summed E-state index contributed by atoms with van der Waals surface area (Å²) in [5.74, 6) is -0.245. The lowest BCUT2D eigenvalue weighted by molar-refractivity contribution is 0.627. The van der Waals surface area contributed by atoms with E-state index in [-0.39, 0.29) is 11.7 Å². The number of anilines is 2. The predicted octanol–water partition coefficient (Wildman–Crippen LogP) is 7.09. The summed E-state index contributed by atoms with van der Waals surface area (Å²) in [5.41, 5.74) is 13.4. The maximum Gasteiger partial charge on any atom is 0.123 e. The molecular weight excluding hydrogens is 395 g/mol. The van der Waals surface area contributed by atoms with Gasteiger partial charge in [0.15, 0.2) is 0 Å². The Labute approximate surface area is 187 Å². The first-order chi connectivity index (χ1) is 15.7. The summed E-state index contributed by atoms with van der Waals surface area (Å²) < 4.78 is 13.6. The molecule has 0 aromatic heterocycles. The molecule has 0 aliphatic carbocycles. The Hall–Kier alpha value is -4.11. The number of nitrogen functional groups attached to an aromatic ring is 1. The number of rotatable bonds is 4. The topological polar surface area (TPSA) is 29.3 Å². The Bertz CT molecular complexity index is 1220. The zero-order valence-corrected chi connectivity index (χ0v) is 17.5. The second-order valence-corrected chi connectivity index (χ2v) is 7.81. The smallest absolute Gasteiger partial charge is 0.123 e. The van der Waals surface area contributed by atoms with Gasteiger partial charge in [0.25, 0.3) is 0 Å². The number of nitrogens with two attached hydrogens (primary N) is 1. The summed E-state index contributed by atoms with van der Waals surface area (Å²) in [6.07, 6.45) is 4.45. The van der Waals surface area contributed by atoms with E-state index in [4.69, 9.17) is 5.73 Å². The highest BCUT2D eigenvalue weighted by Gasteiger charge is 2.27. The Balaban J connectivity index is 1.75. The van der Waals surface area contributed by atoms with Gasteiger partial charge in [0.2, 0.25) is 0 Å². The first kappa shape index (κ1) is 19.8. The minimum atomic E-state index is -0.234. The van der Waals surface area contributed by atoms with Gasteiger partial charge in [-0.3, -0.25) is 0 Å². The molecule has 1 aliphatic heterocycles. The zero-order chi connectivity index (χ0) is 21.9. The number of hydrogen-bond acceptors (Lipinski definition) is 2. The van der Waals surface area contributed by atoms with Crippen molar-refractivity contribution < 1.29 is 4.39 Å². The Morgan fingerprint density at radius 2 is 1.09 bits per heavy atom. The van der Waals surface area contributed by atoms with Gasteiger partial charge in [-0.2, -0.15) is 0 Å². The van der Waals surface area contributed by atoms with Crippen LogP contribution in [0.4, 0.5) is 15.8 Å². The van der Waals surface area contributed by atoms with Crippen LogP contribution in [0.2, 0.25) is 0 Å². The summed E-state index contributed by atoms with van der Waals surface area (Å²) in [6, 6.07) is 35.3. The molecule has 5 rings (SSSR count). The number of para-hydroxylation sites is 2. The number of halogens is 1. The van der Waals surface area contributed by atoms with E-state index < -0.39 is 0 Å². The van der Waals surface area contributed by atoms with E-state index in [2.05, 4.69) is 41.3 Å². The van der Waals surface area contributed by atoms with Gasteiger partial charge in [-0.1, -0.05) is 84.9 Å². The van der Waals surface area contributed by atoms with Crippen LogP contribution in [0.1, 0.15) is 22.6 Å². The van der Waals surface area contributed by atoms with Crippen LogP contribution in [0.25, 0.3) is 11.4 Å². The monoisotopic (exact) mass is 418 g/mol. The van der Waals surface area contributed by atoms with E-state index in [1.54, 1.807) is 0 Å². The van der Waals surface area contributed by atoms with Crippen LogP contribution in [0, 0.1) is 5.82 Å². The third-order valence-electron chi connectivity index (χ3n) is 5.73.